The van der Waals surface area contributed by atoms with Crippen molar-refractivity contribution in [2.45, 2.75) is 24.8 Å². The fourth-order valence-corrected chi connectivity index (χ4v) is 3.57. The van der Waals surface area contributed by atoms with E-state index in [1.165, 1.54) is 6.07 Å². The van der Waals surface area contributed by atoms with Gasteiger partial charge in [0.2, 0.25) is 0 Å². The van der Waals surface area contributed by atoms with E-state index in [1.807, 2.05) is 19.1 Å². The van der Waals surface area contributed by atoms with Crippen LogP contribution >= 0.6 is 11.6 Å². The van der Waals surface area contributed by atoms with Crippen molar-refractivity contribution in [3.8, 4) is 0 Å². The first kappa shape index (κ1) is 15.8. The smallest absolute Gasteiger partial charge is 0.263 e. The Morgan fingerprint density at radius 3 is 2.52 bits per heavy atom. The van der Waals surface area contributed by atoms with Crippen LogP contribution in [0.1, 0.15) is 18.1 Å². The molecule has 0 aliphatic carbocycles. The predicted octanol–water partition coefficient (Wildman–Crippen LogP) is 3.16. The number of nitrogens with two attached hydrogens (primary N) is 1. The highest BCUT2D eigenvalue weighted by atomic mass is 35.5. The number of halogens is 1. The zero-order chi connectivity index (χ0) is 15.5. The van der Waals surface area contributed by atoms with Gasteiger partial charge in [0.25, 0.3) is 10.0 Å². The fraction of sp³-hybridized carbons (Fsp3) is 0.200. The van der Waals surface area contributed by atoms with Crippen LogP contribution < -0.4 is 10.5 Å². The van der Waals surface area contributed by atoms with Crippen LogP contribution in [-0.4, -0.2) is 8.42 Å². The lowest BCUT2D eigenvalue weighted by Gasteiger charge is -2.11. The number of anilines is 1. The van der Waals surface area contributed by atoms with E-state index < -0.39 is 10.0 Å². The van der Waals surface area contributed by atoms with Gasteiger partial charge < -0.3 is 5.73 Å². The third kappa shape index (κ3) is 3.75. The van der Waals surface area contributed by atoms with Crippen LogP contribution in [0.4, 0.5) is 5.69 Å². The third-order valence-electron chi connectivity index (χ3n) is 3.11. The highest BCUT2D eigenvalue weighted by Crippen LogP contribution is 2.25. The average Bonchev–Trinajstić information content (AvgIpc) is 2.46. The summed E-state index contributed by atoms with van der Waals surface area (Å²) < 4.78 is 27.3. The number of aryl methyl sites for hydroxylation is 1. The molecular weight excluding hydrogens is 308 g/mol. The van der Waals surface area contributed by atoms with Gasteiger partial charge >= 0.3 is 0 Å². The van der Waals surface area contributed by atoms with Crippen molar-refractivity contribution in [1.29, 1.82) is 0 Å². The summed E-state index contributed by atoms with van der Waals surface area (Å²) in [4.78, 5) is 0.0447. The zero-order valence-corrected chi connectivity index (χ0v) is 13.2. The van der Waals surface area contributed by atoms with E-state index in [0.29, 0.717) is 12.2 Å². The SMILES string of the molecule is CCc1cccc(NS(=O)(=O)c2ccc(CN)cc2Cl)c1. The van der Waals surface area contributed by atoms with E-state index in [4.69, 9.17) is 17.3 Å². The quantitative estimate of drug-likeness (QED) is 0.887. The standard InChI is InChI=1S/C15H17ClN2O2S/c1-2-11-4-3-5-13(8-11)18-21(19,20)15-7-6-12(10-17)9-14(15)16/h3-9,18H,2,10,17H2,1H3. The first-order valence-electron chi connectivity index (χ1n) is 6.56. The number of benzene rings is 2. The lowest BCUT2D eigenvalue weighted by molar-refractivity contribution is 0.601. The molecule has 0 bridgehead atoms. The van der Waals surface area contributed by atoms with Gasteiger partial charge in [-0.3, -0.25) is 4.72 Å². The van der Waals surface area contributed by atoms with Crippen LogP contribution in [0.5, 0.6) is 0 Å². The van der Waals surface area contributed by atoms with E-state index in [9.17, 15) is 8.42 Å². The van der Waals surface area contributed by atoms with Crippen LogP contribution in [0, 0.1) is 0 Å². The molecule has 0 spiro atoms. The van der Waals surface area contributed by atoms with E-state index in [-0.39, 0.29) is 9.92 Å². The van der Waals surface area contributed by atoms with Crippen LogP contribution in [0.25, 0.3) is 0 Å². The highest BCUT2D eigenvalue weighted by Gasteiger charge is 2.18. The molecule has 0 atom stereocenters. The first-order valence-corrected chi connectivity index (χ1v) is 8.42. The number of nitrogens with one attached hydrogen (secondary N) is 1. The lowest BCUT2D eigenvalue weighted by atomic mass is 10.1. The van der Waals surface area contributed by atoms with Crippen LogP contribution in [0.2, 0.25) is 5.02 Å². The molecule has 4 nitrogen and oxygen atoms in total. The summed E-state index contributed by atoms with van der Waals surface area (Å²) in [5.41, 5.74) is 7.87. The molecule has 0 saturated heterocycles. The Hall–Kier alpha value is -1.56. The van der Waals surface area contributed by atoms with E-state index in [0.717, 1.165) is 17.5 Å². The van der Waals surface area contributed by atoms with Gasteiger partial charge in [0.1, 0.15) is 4.90 Å². The maximum absolute atomic E-state index is 12.4. The molecule has 21 heavy (non-hydrogen) atoms. The van der Waals surface area contributed by atoms with Crippen LogP contribution in [-0.2, 0) is 23.0 Å². The van der Waals surface area contributed by atoms with E-state index >= 15 is 0 Å². The highest BCUT2D eigenvalue weighted by molar-refractivity contribution is 7.92. The van der Waals surface area contributed by atoms with Crippen LogP contribution in [0.15, 0.2) is 47.4 Å². The van der Waals surface area contributed by atoms with Crippen molar-refractivity contribution in [1.82, 2.24) is 0 Å². The molecule has 2 aromatic rings. The maximum Gasteiger partial charge on any atom is 0.263 e. The summed E-state index contributed by atoms with van der Waals surface area (Å²) in [6, 6.07) is 12.0. The van der Waals surface area contributed by atoms with Crippen molar-refractivity contribution >= 4 is 27.3 Å². The molecule has 3 N–H and O–H groups in total. The molecule has 2 aromatic carbocycles. The number of rotatable bonds is 5. The summed E-state index contributed by atoms with van der Waals surface area (Å²) >= 11 is 6.04. The second-order valence-electron chi connectivity index (χ2n) is 4.63. The maximum atomic E-state index is 12.4. The molecule has 0 fully saturated rings. The summed E-state index contributed by atoms with van der Waals surface area (Å²) in [7, 11) is -3.72. The summed E-state index contributed by atoms with van der Waals surface area (Å²) in [5.74, 6) is 0. The Morgan fingerprint density at radius 2 is 1.90 bits per heavy atom. The molecule has 0 unspecified atom stereocenters. The second-order valence-corrected chi connectivity index (χ2v) is 6.69. The number of hydrogen-bond donors (Lipinski definition) is 2. The fourth-order valence-electron chi connectivity index (χ4n) is 1.95. The van der Waals surface area contributed by atoms with Gasteiger partial charge in [0.05, 0.1) is 5.02 Å². The lowest BCUT2D eigenvalue weighted by Crippen LogP contribution is -2.14. The van der Waals surface area contributed by atoms with Gasteiger partial charge in [-0.25, -0.2) is 8.42 Å². The van der Waals surface area contributed by atoms with Crippen molar-refractivity contribution in [3.05, 3.63) is 58.6 Å². The number of sulfonamides is 1. The second kappa shape index (κ2) is 6.47. The Kier molecular flexibility index (Phi) is 4.88. The minimum Gasteiger partial charge on any atom is -0.326 e. The monoisotopic (exact) mass is 324 g/mol. The van der Waals surface area contributed by atoms with Crippen molar-refractivity contribution in [3.63, 3.8) is 0 Å². The van der Waals surface area contributed by atoms with Gasteiger partial charge in [-0.05, 0) is 41.8 Å². The van der Waals surface area contributed by atoms with Crippen molar-refractivity contribution in [2.24, 2.45) is 5.73 Å². The van der Waals surface area contributed by atoms with Crippen molar-refractivity contribution < 1.29 is 8.42 Å². The van der Waals surface area contributed by atoms with Gasteiger partial charge in [0, 0.05) is 12.2 Å². The normalized spacial score (nSPS) is 11.4. The largest absolute Gasteiger partial charge is 0.326 e. The Labute approximate surface area is 130 Å². The molecule has 2 rings (SSSR count). The molecule has 0 radical (unpaired) electrons. The molecule has 112 valence electrons. The summed E-state index contributed by atoms with van der Waals surface area (Å²) in [6.45, 7) is 2.32. The molecule has 6 heteroatoms. The third-order valence-corrected chi connectivity index (χ3v) is 4.97. The Morgan fingerprint density at radius 1 is 1.14 bits per heavy atom. The minimum atomic E-state index is -3.72. The Balaban J connectivity index is 2.33. The molecule has 0 aromatic heterocycles. The van der Waals surface area contributed by atoms with Crippen molar-refractivity contribution in [2.75, 3.05) is 4.72 Å². The summed E-state index contributed by atoms with van der Waals surface area (Å²) in [5, 5.41) is 0.164. The van der Waals surface area contributed by atoms with Gasteiger partial charge in [-0.15, -0.1) is 0 Å². The first-order chi connectivity index (χ1) is 9.96. The molecule has 0 heterocycles. The van der Waals surface area contributed by atoms with Crippen LogP contribution in [0.3, 0.4) is 0 Å². The number of hydrogen-bond acceptors (Lipinski definition) is 3. The van der Waals surface area contributed by atoms with Gasteiger partial charge in [0.15, 0.2) is 0 Å². The summed E-state index contributed by atoms with van der Waals surface area (Å²) in [6.07, 6.45) is 0.835. The van der Waals surface area contributed by atoms with Gasteiger partial charge in [-0.1, -0.05) is 36.7 Å². The minimum absolute atomic E-state index is 0.0447. The topological polar surface area (TPSA) is 72.2 Å². The molecule has 0 amide bonds. The molecule has 0 saturated carbocycles. The molecular formula is C15H17ClN2O2S. The zero-order valence-electron chi connectivity index (χ0n) is 11.6. The average molecular weight is 325 g/mol. The van der Waals surface area contributed by atoms with E-state index in [2.05, 4.69) is 4.72 Å². The molecule has 0 aliphatic rings. The Bertz CT molecular complexity index is 745. The predicted molar refractivity (Wildman–Crippen MR) is 86.0 cm³/mol. The van der Waals surface area contributed by atoms with Gasteiger partial charge in [-0.2, -0.15) is 0 Å². The van der Waals surface area contributed by atoms with E-state index in [1.54, 1.807) is 24.3 Å². The molecule has 0 aliphatic heterocycles.